The number of imidazole rings is 1. The molecule has 4 heteroatoms. The van der Waals surface area contributed by atoms with E-state index in [2.05, 4.69) is 11.1 Å². The molecule has 0 aliphatic carbocycles. The minimum Gasteiger partial charge on any atom is -0.295 e. The molecule has 2 heterocycles. The number of rotatable bonds is 3. The van der Waals surface area contributed by atoms with Crippen molar-refractivity contribution < 1.29 is 4.79 Å². The zero-order valence-electron chi connectivity index (χ0n) is 12.3. The number of nitrogens with zero attached hydrogens (tertiary/aromatic N) is 2. The van der Waals surface area contributed by atoms with E-state index < -0.39 is 0 Å². The molecule has 0 amide bonds. The van der Waals surface area contributed by atoms with Crippen molar-refractivity contribution in [3.8, 4) is 0 Å². The van der Waals surface area contributed by atoms with Crippen LogP contribution in [-0.4, -0.2) is 21.4 Å². The molecule has 21 heavy (non-hydrogen) atoms. The molecule has 3 nitrogen and oxygen atoms in total. The predicted molar refractivity (Wildman–Crippen MR) is 86.3 cm³/mol. The predicted octanol–water partition coefficient (Wildman–Crippen LogP) is 3.90. The molecule has 0 unspecified atom stereocenters. The number of benzene rings is 1. The van der Waals surface area contributed by atoms with Crippen LogP contribution in [0.2, 0.25) is 0 Å². The lowest BCUT2D eigenvalue weighted by Gasteiger charge is -2.05. The average Bonchev–Trinajstić information content (AvgIpc) is 2.86. The van der Waals surface area contributed by atoms with Crippen LogP contribution >= 0.6 is 11.8 Å². The smallest absolute Gasteiger partial charge is 0.212 e. The molecule has 0 radical (unpaired) electrons. The molecule has 3 rings (SSSR count). The van der Waals surface area contributed by atoms with E-state index >= 15 is 0 Å². The van der Waals surface area contributed by atoms with Crippen molar-refractivity contribution >= 4 is 23.2 Å². The summed E-state index contributed by atoms with van der Waals surface area (Å²) in [5.74, 6) is 0.0115. The van der Waals surface area contributed by atoms with Crippen LogP contribution in [0, 0.1) is 13.8 Å². The van der Waals surface area contributed by atoms with Crippen LogP contribution in [-0.2, 0) is 0 Å². The molecule has 106 valence electrons. The van der Waals surface area contributed by atoms with Crippen LogP contribution in [0.25, 0.3) is 5.65 Å². The third-order valence-electron chi connectivity index (χ3n) is 3.45. The molecule has 0 saturated heterocycles. The lowest BCUT2D eigenvalue weighted by atomic mass is 10.1. The highest BCUT2D eigenvalue weighted by molar-refractivity contribution is 7.98. The third-order valence-corrected chi connectivity index (χ3v) is 4.12. The van der Waals surface area contributed by atoms with Crippen molar-refractivity contribution in [3.63, 3.8) is 0 Å². The minimum atomic E-state index is 0.0115. The maximum absolute atomic E-state index is 12.8. The number of hydrogen-bond donors (Lipinski definition) is 0. The Kier molecular flexibility index (Phi) is 3.55. The number of ketones is 1. The lowest BCUT2D eigenvalue weighted by molar-refractivity contribution is 0.103. The van der Waals surface area contributed by atoms with Crippen LogP contribution in [0.1, 0.15) is 27.2 Å². The average molecular weight is 296 g/mol. The van der Waals surface area contributed by atoms with Crippen molar-refractivity contribution in [2.75, 3.05) is 6.26 Å². The van der Waals surface area contributed by atoms with Gasteiger partial charge in [0.15, 0.2) is 0 Å². The summed E-state index contributed by atoms with van der Waals surface area (Å²) in [6.07, 6.45) is 3.93. The number of fused-ring (bicyclic) bond motifs is 1. The van der Waals surface area contributed by atoms with Crippen LogP contribution in [0.4, 0.5) is 0 Å². The molecule has 1 aromatic carbocycles. The number of pyridine rings is 1. The normalized spacial score (nSPS) is 11.0. The summed E-state index contributed by atoms with van der Waals surface area (Å²) in [4.78, 5) is 17.5. The molecule has 3 aromatic rings. The molecule has 0 fully saturated rings. The van der Waals surface area contributed by atoms with Gasteiger partial charge in [-0.2, -0.15) is 0 Å². The first kappa shape index (κ1) is 13.9. The molecule has 0 aliphatic heterocycles. The number of thioether (sulfide) groups is 1. The quantitative estimate of drug-likeness (QED) is 0.543. The maximum atomic E-state index is 12.8. The van der Waals surface area contributed by atoms with Crippen molar-refractivity contribution in [1.29, 1.82) is 0 Å². The summed E-state index contributed by atoms with van der Waals surface area (Å²) in [7, 11) is 0. The van der Waals surface area contributed by atoms with Gasteiger partial charge in [-0.05, 0) is 31.2 Å². The summed E-state index contributed by atoms with van der Waals surface area (Å²) in [6, 6.07) is 11.4. The Balaban J connectivity index is 2.28. The van der Waals surface area contributed by atoms with Gasteiger partial charge in [-0.3, -0.25) is 9.20 Å². The first-order valence-electron chi connectivity index (χ1n) is 6.75. The Hall–Kier alpha value is -2.07. The van der Waals surface area contributed by atoms with Gasteiger partial charge < -0.3 is 0 Å². The highest BCUT2D eigenvalue weighted by Gasteiger charge is 2.21. The highest BCUT2D eigenvalue weighted by atomic mass is 32.2. The van der Waals surface area contributed by atoms with Gasteiger partial charge in [0, 0.05) is 11.8 Å². The van der Waals surface area contributed by atoms with Crippen molar-refractivity contribution in [2.45, 2.75) is 18.9 Å². The lowest BCUT2D eigenvalue weighted by Crippen LogP contribution is -2.07. The van der Waals surface area contributed by atoms with E-state index in [9.17, 15) is 4.79 Å². The zero-order valence-corrected chi connectivity index (χ0v) is 13.1. The Labute approximate surface area is 128 Å². The van der Waals surface area contributed by atoms with E-state index in [0.717, 1.165) is 21.8 Å². The summed E-state index contributed by atoms with van der Waals surface area (Å²) in [5, 5.41) is 0.776. The Morgan fingerprint density at radius 2 is 1.90 bits per heavy atom. The fourth-order valence-electron chi connectivity index (χ4n) is 2.54. The second kappa shape index (κ2) is 5.37. The first-order valence-corrected chi connectivity index (χ1v) is 7.97. The van der Waals surface area contributed by atoms with Crippen molar-refractivity contribution in [1.82, 2.24) is 9.38 Å². The Morgan fingerprint density at radius 3 is 2.57 bits per heavy atom. The van der Waals surface area contributed by atoms with Gasteiger partial charge in [-0.15, -0.1) is 11.8 Å². The molecule has 0 atom stereocenters. The summed E-state index contributed by atoms with van der Waals surface area (Å²) >= 11 is 1.51. The molecular weight excluding hydrogens is 280 g/mol. The molecular formula is C17H16N2OS. The summed E-state index contributed by atoms with van der Waals surface area (Å²) in [6.45, 7) is 4.05. The molecule has 0 aliphatic rings. The van der Waals surface area contributed by atoms with E-state index in [4.69, 9.17) is 0 Å². The van der Waals surface area contributed by atoms with E-state index in [1.807, 2.05) is 61.0 Å². The van der Waals surface area contributed by atoms with Gasteiger partial charge in [0.2, 0.25) is 5.78 Å². The fraction of sp³-hybridized carbons (Fsp3) is 0.176. The SMILES string of the molecule is CSc1nc2c(C)cc(C)cn2c1C(=O)c1ccccc1. The monoisotopic (exact) mass is 296 g/mol. The topological polar surface area (TPSA) is 34.4 Å². The van der Waals surface area contributed by atoms with Gasteiger partial charge in [0.1, 0.15) is 16.4 Å². The van der Waals surface area contributed by atoms with E-state index in [1.165, 1.54) is 11.8 Å². The molecule has 2 aromatic heterocycles. The standard InChI is InChI=1S/C17H16N2OS/c1-11-9-12(2)16-18-17(21-3)14(19(16)10-11)15(20)13-7-5-4-6-8-13/h4-10H,1-3H3. The molecule has 0 spiro atoms. The Bertz CT molecular complexity index is 822. The van der Waals surface area contributed by atoms with E-state index in [-0.39, 0.29) is 5.78 Å². The van der Waals surface area contributed by atoms with Crippen LogP contribution in [0.5, 0.6) is 0 Å². The van der Waals surface area contributed by atoms with Gasteiger partial charge in [0.25, 0.3) is 0 Å². The van der Waals surface area contributed by atoms with Gasteiger partial charge in [0.05, 0.1) is 0 Å². The molecule has 0 N–H and O–H groups in total. The van der Waals surface area contributed by atoms with Crippen molar-refractivity contribution in [2.24, 2.45) is 0 Å². The second-order valence-corrected chi connectivity index (χ2v) is 5.85. The van der Waals surface area contributed by atoms with Crippen molar-refractivity contribution in [3.05, 3.63) is 65.0 Å². The fourth-order valence-corrected chi connectivity index (χ4v) is 3.10. The van der Waals surface area contributed by atoms with E-state index in [0.29, 0.717) is 11.3 Å². The number of carbonyl (C=O) groups is 1. The largest absolute Gasteiger partial charge is 0.295 e. The maximum Gasteiger partial charge on any atom is 0.212 e. The van der Waals surface area contributed by atoms with Crippen LogP contribution in [0.3, 0.4) is 0 Å². The number of carbonyl (C=O) groups excluding carboxylic acids is 1. The second-order valence-electron chi connectivity index (χ2n) is 5.06. The first-order chi connectivity index (χ1) is 10.1. The summed E-state index contributed by atoms with van der Waals surface area (Å²) in [5.41, 5.74) is 4.39. The third kappa shape index (κ3) is 2.36. The zero-order chi connectivity index (χ0) is 15.0. The Morgan fingerprint density at radius 1 is 1.19 bits per heavy atom. The van der Waals surface area contributed by atoms with E-state index in [1.54, 1.807) is 0 Å². The number of aryl methyl sites for hydroxylation is 2. The summed E-state index contributed by atoms with van der Waals surface area (Å²) < 4.78 is 1.92. The molecule has 0 saturated carbocycles. The van der Waals surface area contributed by atoms with Crippen LogP contribution < -0.4 is 0 Å². The minimum absolute atomic E-state index is 0.0115. The number of aromatic nitrogens is 2. The van der Waals surface area contributed by atoms with Gasteiger partial charge in [-0.1, -0.05) is 36.4 Å². The van der Waals surface area contributed by atoms with Gasteiger partial charge in [-0.25, -0.2) is 4.98 Å². The van der Waals surface area contributed by atoms with Crippen LogP contribution in [0.15, 0.2) is 47.6 Å². The van der Waals surface area contributed by atoms with Gasteiger partial charge >= 0.3 is 0 Å². The number of hydrogen-bond acceptors (Lipinski definition) is 3. The molecule has 0 bridgehead atoms. The highest BCUT2D eigenvalue weighted by Crippen LogP contribution is 2.26.